The quantitative estimate of drug-likeness (QED) is 0.698. The molecule has 0 spiro atoms. The molecule has 2 amide bonds. The van der Waals surface area contributed by atoms with Crippen molar-refractivity contribution >= 4 is 33.8 Å². The van der Waals surface area contributed by atoms with Crippen LogP contribution in [0.4, 0.5) is 10.7 Å². The number of nitrogens with one attached hydrogen (secondary N) is 2. The van der Waals surface area contributed by atoms with E-state index in [0.29, 0.717) is 11.3 Å². The number of aryl methyl sites for hydroxylation is 1. The van der Waals surface area contributed by atoms with Gasteiger partial charge < -0.3 is 4.74 Å². The molecule has 2 rings (SSSR count). The molecule has 0 saturated carbocycles. The lowest BCUT2D eigenvalue weighted by atomic mass is 10.2. The Morgan fingerprint density at radius 2 is 2.04 bits per heavy atom. The number of ether oxygens (including phenoxy) is 1. The largest absolute Gasteiger partial charge is 0.481 e. The molecule has 0 aliphatic carbocycles. The van der Waals surface area contributed by atoms with E-state index in [-0.39, 0.29) is 16.7 Å². The number of hydrogen-bond acceptors (Lipinski definition) is 8. The highest BCUT2D eigenvalue weighted by atomic mass is 32.2. The first-order valence-corrected chi connectivity index (χ1v) is 10.00. The zero-order valence-corrected chi connectivity index (χ0v) is 16.4. The number of rotatable bonds is 6. The van der Waals surface area contributed by atoms with Crippen molar-refractivity contribution in [2.45, 2.75) is 24.0 Å². The molecule has 1 atom stereocenters. The van der Waals surface area contributed by atoms with E-state index < -0.39 is 21.3 Å². The van der Waals surface area contributed by atoms with Crippen molar-refractivity contribution in [3.63, 3.8) is 0 Å². The first kappa shape index (κ1) is 20.5. The smallest absolute Gasteiger partial charge is 0.335 e. The highest BCUT2D eigenvalue weighted by Crippen LogP contribution is 2.31. The average Bonchev–Trinajstić information content (AvgIpc) is 2.60. The van der Waals surface area contributed by atoms with Crippen LogP contribution >= 0.6 is 11.8 Å². The van der Waals surface area contributed by atoms with Crippen LogP contribution in [0.15, 0.2) is 35.2 Å². The van der Waals surface area contributed by atoms with Gasteiger partial charge in [-0.15, -0.1) is 0 Å². The number of methoxy groups -OCH3 is 1. The molecule has 0 saturated heterocycles. The van der Waals surface area contributed by atoms with Crippen molar-refractivity contribution in [1.82, 2.24) is 14.7 Å². The Kier molecular flexibility index (Phi) is 6.59. The summed E-state index contributed by atoms with van der Waals surface area (Å²) in [4.78, 5) is 20.0. The van der Waals surface area contributed by atoms with Crippen molar-refractivity contribution in [2.75, 3.05) is 12.4 Å². The fourth-order valence-corrected chi connectivity index (χ4v) is 3.99. The van der Waals surface area contributed by atoms with Crippen molar-refractivity contribution in [1.29, 1.82) is 5.26 Å². The Bertz CT molecular complexity index is 989. The molecule has 1 heterocycles. The summed E-state index contributed by atoms with van der Waals surface area (Å²) >= 11 is 0.921. The number of hydrogen-bond donors (Lipinski definition) is 2. The zero-order valence-electron chi connectivity index (χ0n) is 14.8. The molecule has 142 valence electrons. The minimum Gasteiger partial charge on any atom is -0.481 e. The molecule has 0 aliphatic rings. The van der Waals surface area contributed by atoms with E-state index in [1.165, 1.54) is 19.2 Å². The van der Waals surface area contributed by atoms with Gasteiger partial charge in [-0.05, 0) is 37.2 Å². The van der Waals surface area contributed by atoms with Crippen molar-refractivity contribution < 1.29 is 17.9 Å². The predicted octanol–water partition coefficient (Wildman–Crippen LogP) is 2.58. The number of sulfonamides is 1. The maximum absolute atomic E-state index is 12.6. The molecule has 11 heteroatoms. The van der Waals surface area contributed by atoms with Crippen molar-refractivity contribution in [2.24, 2.45) is 0 Å². The minimum absolute atomic E-state index is 0.0851. The molecule has 0 bridgehead atoms. The van der Waals surface area contributed by atoms with Crippen LogP contribution in [0, 0.1) is 17.6 Å². The molecular weight excluding hydrogens is 390 g/mol. The number of urea groups is 1. The lowest BCUT2D eigenvalue weighted by Crippen LogP contribution is -2.35. The highest BCUT2D eigenvalue weighted by molar-refractivity contribution is 8.03. The SMILES string of the molecule is COc1cc(C)nc(NC(=O)NS(=O)(=O)c2ccccc2C(C)SC#N)n1. The van der Waals surface area contributed by atoms with E-state index in [4.69, 9.17) is 10.00 Å². The standard InChI is InChI=1S/C16H17N5O4S2/c1-10-8-14(25-3)19-15(18-10)20-16(22)21-27(23,24)13-7-5-4-6-12(13)11(2)26-9-17/h4-8,11H,1-3H3,(H2,18,19,20,21,22). The molecule has 0 aliphatic heterocycles. The fraction of sp³-hybridized carbons (Fsp3) is 0.250. The molecule has 1 unspecified atom stereocenters. The first-order valence-electron chi connectivity index (χ1n) is 7.64. The summed E-state index contributed by atoms with van der Waals surface area (Å²) in [7, 11) is -2.76. The Labute approximate surface area is 161 Å². The third kappa shape index (κ3) is 5.32. The predicted molar refractivity (Wildman–Crippen MR) is 101 cm³/mol. The van der Waals surface area contributed by atoms with Crippen LogP contribution in [-0.2, 0) is 10.0 Å². The Hall–Kier alpha value is -2.84. The van der Waals surface area contributed by atoms with Crippen LogP contribution in [-0.4, -0.2) is 31.5 Å². The van der Waals surface area contributed by atoms with Gasteiger partial charge >= 0.3 is 6.03 Å². The number of nitriles is 1. The number of thioether (sulfide) groups is 1. The van der Waals surface area contributed by atoms with Gasteiger partial charge in [-0.2, -0.15) is 10.2 Å². The number of aromatic nitrogens is 2. The van der Waals surface area contributed by atoms with E-state index in [9.17, 15) is 13.2 Å². The summed E-state index contributed by atoms with van der Waals surface area (Å²) in [6.07, 6.45) is 0. The van der Waals surface area contributed by atoms with Crippen LogP contribution in [0.1, 0.15) is 23.4 Å². The van der Waals surface area contributed by atoms with Gasteiger partial charge in [-0.25, -0.2) is 22.9 Å². The number of carbonyl (C=O) groups excluding carboxylic acids is 1. The summed E-state index contributed by atoms with van der Waals surface area (Å²) in [6.45, 7) is 3.38. The van der Waals surface area contributed by atoms with Crippen LogP contribution < -0.4 is 14.8 Å². The van der Waals surface area contributed by atoms with E-state index >= 15 is 0 Å². The van der Waals surface area contributed by atoms with Crippen LogP contribution in [0.25, 0.3) is 0 Å². The Balaban J connectivity index is 2.23. The van der Waals surface area contributed by atoms with Crippen LogP contribution in [0.2, 0.25) is 0 Å². The van der Waals surface area contributed by atoms with E-state index in [1.54, 1.807) is 32.0 Å². The van der Waals surface area contributed by atoms with Gasteiger partial charge in [0, 0.05) is 17.0 Å². The molecule has 9 nitrogen and oxygen atoms in total. The number of anilines is 1. The lowest BCUT2D eigenvalue weighted by molar-refractivity contribution is 0.256. The minimum atomic E-state index is -4.17. The summed E-state index contributed by atoms with van der Waals surface area (Å²) in [5.41, 5.74) is 0.950. The second-order valence-electron chi connectivity index (χ2n) is 5.32. The molecule has 1 aromatic heterocycles. The number of amides is 2. The summed E-state index contributed by atoms with van der Waals surface area (Å²) in [5.74, 6) is 0.134. The number of nitrogens with zero attached hydrogens (tertiary/aromatic N) is 3. The third-order valence-electron chi connectivity index (χ3n) is 3.37. The fourth-order valence-electron chi connectivity index (χ4n) is 2.21. The van der Waals surface area contributed by atoms with Crippen LogP contribution in [0.5, 0.6) is 5.88 Å². The van der Waals surface area contributed by atoms with E-state index in [2.05, 4.69) is 15.3 Å². The van der Waals surface area contributed by atoms with Crippen molar-refractivity contribution in [3.8, 4) is 11.3 Å². The number of benzene rings is 1. The topological polar surface area (TPSA) is 134 Å². The Morgan fingerprint density at radius 1 is 1.33 bits per heavy atom. The van der Waals surface area contributed by atoms with Gasteiger partial charge in [0.1, 0.15) is 5.40 Å². The second kappa shape index (κ2) is 8.70. The molecule has 27 heavy (non-hydrogen) atoms. The average molecular weight is 407 g/mol. The highest BCUT2D eigenvalue weighted by Gasteiger charge is 2.24. The van der Waals surface area contributed by atoms with Gasteiger partial charge in [0.15, 0.2) is 0 Å². The van der Waals surface area contributed by atoms with Gasteiger partial charge in [0.25, 0.3) is 10.0 Å². The summed E-state index contributed by atoms with van der Waals surface area (Å²) < 4.78 is 32.2. The number of carbonyl (C=O) groups is 1. The Morgan fingerprint density at radius 3 is 2.70 bits per heavy atom. The van der Waals surface area contributed by atoms with Gasteiger partial charge in [-0.1, -0.05) is 18.2 Å². The monoisotopic (exact) mass is 407 g/mol. The molecule has 1 aromatic carbocycles. The van der Waals surface area contributed by atoms with Crippen LogP contribution in [0.3, 0.4) is 0 Å². The van der Waals surface area contributed by atoms with E-state index in [0.717, 1.165) is 11.8 Å². The normalized spacial score (nSPS) is 11.9. The maximum Gasteiger partial charge on any atom is 0.335 e. The maximum atomic E-state index is 12.6. The van der Waals surface area contributed by atoms with Crippen molar-refractivity contribution in [3.05, 3.63) is 41.6 Å². The zero-order chi connectivity index (χ0) is 20.0. The number of thiocyanates is 1. The molecule has 0 radical (unpaired) electrons. The van der Waals surface area contributed by atoms with Gasteiger partial charge in [-0.3, -0.25) is 5.32 Å². The molecule has 2 aromatic rings. The third-order valence-corrected chi connectivity index (χ3v) is 5.49. The van der Waals surface area contributed by atoms with Gasteiger partial charge in [0.05, 0.1) is 12.0 Å². The second-order valence-corrected chi connectivity index (χ2v) is 8.10. The summed E-state index contributed by atoms with van der Waals surface area (Å²) in [5, 5.41) is 12.6. The molecule has 0 fully saturated rings. The summed E-state index contributed by atoms with van der Waals surface area (Å²) in [6, 6.07) is 6.70. The van der Waals surface area contributed by atoms with E-state index in [1.807, 2.05) is 10.1 Å². The molecule has 2 N–H and O–H groups in total. The lowest BCUT2D eigenvalue weighted by Gasteiger charge is -2.14. The molecular formula is C16H17N5O4S2. The van der Waals surface area contributed by atoms with Gasteiger partial charge in [0.2, 0.25) is 11.8 Å². The first-order chi connectivity index (χ1) is 12.8.